The van der Waals surface area contributed by atoms with Crippen molar-refractivity contribution in [3.05, 3.63) is 18.2 Å². The number of halogens is 2. The third-order valence-corrected chi connectivity index (χ3v) is 5.26. The summed E-state index contributed by atoms with van der Waals surface area (Å²) in [7, 11) is 0. The highest BCUT2D eigenvalue weighted by atomic mass is 19.3. The van der Waals surface area contributed by atoms with Gasteiger partial charge in [0.15, 0.2) is 11.8 Å². The number of nitrogens with two attached hydrogens (primary N) is 1. The zero-order valence-corrected chi connectivity index (χ0v) is 19.0. The number of carbonyl (C=O) groups excluding carboxylic acids is 3. The van der Waals surface area contributed by atoms with Crippen LogP contribution in [0.1, 0.15) is 33.6 Å². The van der Waals surface area contributed by atoms with Crippen molar-refractivity contribution >= 4 is 29.1 Å². The van der Waals surface area contributed by atoms with Gasteiger partial charge in [-0.1, -0.05) is 20.8 Å². The maximum absolute atomic E-state index is 13.1. The Balaban J connectivity index is 1.86. The summed E-state index contributed by atoms with van der Waals surface area (Å²) in [6.45, 7) is 3.69. The molecule has 1 aliphatic heterocycles. The van der Waals surface area contributed by atoms with Gasteiger partial charge in [-0.05, 0) is 30.4 Å². The summed E-state index contributed by atoms with van der Waals surface area (Å²) in [5.41, 5.74) is 5.66. The van der Waals surface area contributed by atoms with E-state index < -0.39 is 24.5 Å². The minimum absolute atomic E-state index is 0.0532. The lowest BCUT2D eigenvalue weighted by Gasteiger charge is -2.34. The first-order valence-electron chi connectivity index (χ1n) is 10.8. The van der Waals surface area contributed by atoms with Crippen LogP contribution >= 0.6 is 0 Å². The van der Waals surface area contributed by atoms with Gasteiger partial charge < -0.3 is 25.4 Å². The molecule has 0 unspecified atom stereocenters. The average molecular weight is 469 g/mol. The Bertz CT molecular complexity index is 901. The van der Waals surface area contributed by atoms with Crippen LogP contribution < -0.4 is 20.7 Å². The van der Waals surface area contributed by atoms with Gasteiger partial charge in [0.25, 0.3) is 11.8 Å². The number of benzene rings is 1. The van der Waals surface area contributed by atoms with Crippen LogP contribution in [0.2, 0.25) is 0 Å². The Morgan fingerprint density at radius 3 is 2.58 bits per heavy atom. The molecule has 1 aromatic carbocycles. The van der Waals surface area contributed by atoms with Gasteiger partial charge >= 0.3 is 6.61 Å². The van der Waals surface area contributed by atoms with Gasteiger partial charge in [-0.2, -0.15) is 8.78 Å². The molecule has 2 fully saturated rings. The Kier molecular flexibility index (Phi) is 7.53. The van der Waals surface area contributed by atoms with Crippen molar-refractivity contribution in [3.8, 4) is 5.75 Å². The quantitative estimate of drug-likeness (QED) is 0.536. The molecule has 11 heteroatoms. The molecule has 3 amide bonds. The molecule has 33 heavy (non-hydrogen) atoms. The Hall–Kier alpha value is -2.79. The smallest absolute Gasteiger partial charge is 0.387 e. The van der Waals surface area contributed by atoms with E-state index in [0.29, 0.717) is 18.8 Å². The van der Waals surface area contributed by atoms with Gasteiger partial charge in [0, 0.05) is 30.9 Å². The highest BCUT2D eigenvalue weighted by Crippen LogP contribution is 2.34. The predicted octanol–water partition coefficient (Wildman–Crippen LogP) is 1.95. The highest BCUT2D eigenvalue weighted by molar-refractivity contribution is 6.10. The van der Waals surface area contributed by atoms with Crippen LogP contribution in [0.4, 0.5) is 20.2 Å². The fourth-order valence-electron chi connectivity index (χ4n) is 3.80. The first-order chi connectivity index (χ1) is 15.5. The van der Waals surface area contributed by atoms with Crippen molar-refractivity contribution in [3.63, 3.8) is 0 Å². The van der Waals surface area contributed by atoms with Crippen molar-refractivity contribution in [1.82, 2.24) is 4.90 Å². The zero-order chi connectivity index (χ0) is 24.3. The molecule has 182 valence electrons. The van der Waals surface area contributed by atoms with E-state index in [2.05, 4.69) is 10.1 Å². The number of morpholine rings is 1. The lowest BCUT2D eigenvalue weighted by molar-refractivity contribution is -0.133. The van der Waals surface area contributed by atoms with Gasteiger partial charge in [0.05, 0.1) is 12.3 Å². The van der Waals surface area contributed by atoms with Crippen molar-refractivity contribution in [2.75, 3.05) is 36.5 Å². The molecule has 1 aliphatic carbocycles. The summed E-state index contributed by atoms with van der Waals surface area (Å²) in [6.07, 6.45) is 1.68. The summed E-state index contributed by atoms with van der Waals surface area (Å²) < 4.78 is 35.9. The molecule has 1 atom stereocenters. The van der Waals surface area contributed by atoms with Crippen LogP contribution in [-0.2, 0) is 19.1 Å². The molecule has 0 aromatic heterocycles. The van der Waals surface area contributed by atoms with E-state index in [0.717, 1.165) is 12.8 Å². The van der Waals surface area contributed by atoms with E-state index in [4.69, 9.17) is 10.5 Å². The first-order valence-corrected chi connectivity index (χ1v) is 10.8. The largest absolute Gasteiger partial charge is 0.433 e. The maximum Gasteiger partial charge on any atom is 0.387 e. The molecular formula is C22H30F2N4O5. The molecule has 0 spiro atoms. The molecule has 3 rings (SSSR count). The standard InChI is InChI=1S/C22H30F2N4O5/c1-22(2,3)12-28(13-4-5-13)18(19(25)30)20(31)26-15-7-6-14(10-16(15)33-21(23)24)27-8-9-32-11-17(27)29/h6-7,10,13,18,21H,4-5,8-9,11-12H2,1-3H3,(H2,25,30)(H,26,31)/t18-/m1/s1. The van der Waals surface area contributed by atoms with Crippen molar-refractivity contribution in [2.24, 2.45) is 11.1 Å². The number of nitrogens with zero attached hydrogens (tertiary/aromatic N) is 2. The molecule has 1 aromatic rings. The van der Waals surface area contributed by atoms with Gasteiger partial charge in [0.1, 0.15) is 6.61 Å². The molecule has 0 bridgehead atoms. The summed E-state index contributed by atoms with van der Waals surface area (Å²) in [6, 6.07) is 2.90. The third-order valence-electron chi connectivity index (χ3n) is 5.26. The number of nitrogens with one attached hydrogen (secondary N) is 1. The molecule has 1 saturated carbocycles. The van der Waals surface area contributed by atoms with Crippen molar-refractivity contribution < 1.29 is 32.6 Å². The first kappa shape index (κ1) is 24.8. The van der Waals surface area contributed by atoms with Crippen LogP contribution in [0.3, 0.4) is 0 Å². The van der Waals surface area contributed by atoms with Crippen LogP contribution in [0.15, 0.2) is 18.2 Å². The molecule has 1 heterocycles. The number of ether oxygens (including phenoxy) is 2. The van der Waals surface area contributed by atoms with E-state index in [1.165, 1.54) is 23.1 Å². The summed E-state index contributed by atoms with van der Waals surface area (Å²) >= 11 is 0. The zero-order valence-electron chi connectivity index (χ0n) is 19.0. The molecule has 0 radical (unpaired) electrons. The molecule has 2 aliphatic rings. The second kappa shape index (κ2) is 10.0. The number of primary amides is 1. The topological polar surface area (TPSA) is 114 Å². The summed E-state index contributed by atoms with van der Waals surface area (Å²) in [4.78, 5) is 40.6. The highest BCUT2D eigenvalue weighted by Gasteiger charge is 2.42. The Morgan fingerprint density at radius 1 is 1.33 bits per heavy atom. The number of anilines is 2. The Morgan fingerprint density at radius 2 is 2.03 bits per heavy atom. The van der Waals surface area contributed by atoms with Gasteiger partial charge in [-0.25, -0.2) is 0 Å². The number of hydrogen-bond acceptors (Lipinski definition) is 6. The fraction of sp³-hybridized carbons (Fsp3) is 0.591. The van der Waals surface area contributed by atoms with Crippen LogP contribution in [0.25, 0.3) is 0 Å². The number of amides is 3. The lowest BCUT2D eigenvalue weighted by atomic mass is 9.94. The SMILES string of the molecule is CC(C)(C)CN(C1CC1)[C@H](C(N)=O)C(=O)Nc1ccc(N2CCOCC2=O)cc1OC(F)F. The second-order valence-electron chi connectivity index (χ2n) is 9.42. The van der Waals surface area contributed by atoms with Crippen LogP contribution in [0.5, 0.6) is 5.75 Å². The van der Waals surface area contributed by atoms with Gasteiger partial charge in [-0.15, -0.1) is 0 Å². The Labute approximate surface area is 191 Å². The second-order valence-corrected chi connectivity index (χ2v) is 9.42. The van der Waals surface area contributed by atoms with Crippen molar-refractivity contribution in [1.29, 1.82) is 0 Å². The van der Waals surface area contributed by atoms with E-state index in [1.807, 2.05) is 20.8 Å². The van der Waals surface area contributed by atoms with E-state index in [1.54, 1.807) is 4.90 Å². The maximum atomic E-state index is 13.1. The molecule has 9 nitrogen and oxygen atoms in total. The number of rotatable bonds is 9. The number of alkyl halides is 2. The third kappa shape index (κ3) is 6.61. The fourth-order valence-corrected chi connectivity index (χ4v) is 3.80. The lowest BCUT2D eigenvalue weighted by Crippen LogP contribution is -2.55. The minimum Gasteiger partial charge on any atom is -0.433 e. The minimum atomic E-state index is -3.16. The molecular weight excluding hydrogens is 438 g/mol. The van der Waals surface area contributed by atoms with Crippen molar-refractivity contribution in [2.45, 2.75) is 52.3 Å². The van der Waals surface area contributed by atoms with Crippen LogP contribution in [0, 0.1) is 5.41 Å². The monoisotopic (exact) mass is 468 g/mol. The van der Waals surface area contributed by atoms with Crippen LogP contribution in [-0.4, -0.2) is 67.6 Å². The molecule has 1 saturated heterocycles. The van der Waals surface area contributed by atoms with E-state index in [9.17, 15) is 23.2 Å². The predicted molar refractivity (Wildman–Crippen MR) is 117 cm³/mol. The summed E-state index contributed by atoms with van der Waals surface area (Å²) in [5.74, 6) is -2.20. The number of carbonyl (C=O) groups is 3. The van der Waals surface area contributed by atoms with Gasteiger partial charge in [0.2, 0.25) is 5.91 Å². The van der Waals surface area contributed by atoms with Gasteiger partial charge in [-0.3, -0.25) is 19.3 Å². The molecule has 3 N–H and O–H groups in total. The normalized spacial score (nSPS) is 17.9. The number of hydrogen-bond donors (Lipinski definition) is 2. The van der Waals surface area contributed by atoms with E-state index >= 15 is 0 Å². The average Bonchev–Trinajstić information content (AvgIpc) is 3.53. The van der Waals surface area contributed by atoms with E-state index in [-0.39, 0.29) is 42.0 Å². The summed E-state index contributed by atoms with van der Waals surface area (Å²) in [5, 5.41) is 2.52.